The fourth-order valence-electron chi connectivity index (χ4n) is 3.24. The molecule has 2 heterocycles. The highest BCUT2D eigenvalue weighted by atomic mass is 32.1. The van der Waals surface area contributed by atoms with Crippen molar-refractivity contribution in [2.24, 2.45) is 5.92 Å². The molecule has 3 rings (SSSR count). The fraction of sp³-hybridized carbons (Fsp3) is 0.588. The van der Waals surface area contributed by atoms with Gasteiger partial charge in [0.25, 0.3) is 5.56 Å². The molecule has 1 aliphatic rings. The molecule has 2 aromatic heterocycles. The van der Waals surface area contributed by atoms with Gasteiger partial charge in [-0.1, -0.05) is 6.42 Å². The summed E-state index contributed by atoms with van der Waals surface area (Å²) in [5.74, 6) is 0.639. The quantitative estimate of drug-likeness (QED) is 0.767. The molecule has 0 bridgehead atoms. The van der Waals surface area contributed by atoms with Crippen LogP contribution in [0.1, 0.15) is 41.9 Å². The monoisotopic (exact) mass is 349 g/mol. The van der Waals surface area contributed by atoms with Gasteiger partial charge in [-0.3, -0.25) is 9.59 Å². The van der Waals surface area contributed by atoms with Crippen molar-refractivity contribution in [2.45, 2.75) is 52.1 Å². The van der Waals surface area contributed by atoms with Crippen LogP contribution in [-0.4, -0.2) is 33.6 Å². The Bertz CT molecular complexity index is 811. The number of hydrogen-bond donors (Lipinski definition) is 3. The second-order valence-electron chi connectivity index (χ2n) is 6.54. The summed E-state index contributed by atoms with van der Waals surface area (Å²) in [6, 6.07) is 0. The maximum Gasteiger partial charge on any atom is 0.259 e. The number of hydrogen-bond acceptors (Lipinski definition) is 5. The fourth-order valence-corrected chi connectivity index (χ4v) is 4.29. The Morgan fingerprint density at radius 2 is 2.21 bits per heavy atom. The van der Waals surface area contributed by atoms with Gasteiger partial charge in [0.1, 0.15) is 10.7 Å². The predicted octanol–water partition coefficient (Wildman–Crippen LogP) is 1.81. The van der Waals surface area contributed by atoms with E-state index >= 15 is 0 Å². The van der Waals surface area contributed by atoms with Crippen LogP contribution in [0.4, 0.5) is 0 Å². The van der Waals surface area contributed by atoms with Crippen molar-refractivity contribution in [2.75, 3.05) is 6.54 Å². The van der Waals surface area contributed by atoms with Gasteiger partial charge >= 0.3 is 0 Å². The molecule has 1 amide bonds. The lowest BCUT2D eigenvalue weighted by Crippen LogP contribution is -2.32. The summed E-state index contributed by atoms with van der Waals surface area (Å²) >= 11 is 1.51. The topological polar surface area (TPSA) is 95.1 Å². The van der Waals surface area contributed by atoms with Gasteiger partial charge in [0.2, 0.25) is 5.91 Å². The Morgan fingerprint density at radius 1 is 1.42 bits per heavy atom. The van der Waals surface area contributed by atoms with E-state index in [-0.39, 0.29) is 29.9 Å². The van der Waals surface area contributed by atoms with E-state index < -0.39 is 0 Å². The number of fused-ring (bicyclic) bond motifs is 1. The van der Waals surface area contributed by atoms with Gasteiger partial charge in [-0.2, -0.15) is 0 Å². The zero-order valence-electron chi connectivity index (χ0n) is 14.0. The summed E-state index contributed by atoms with van der Waals surface area (Å²) < 4.78 is 0. The van der Waals surface area contributed by atoms with Crippen molar-refractivity contribution in [3.8, 4) is 0 Å². The highest BCUT2D eigenvalue weighted by Crippen LogP contribution is 2.26. The summed E-state index contributed by atoms with van der Waals surface area (Å²) in [5.41, 5.74) is 0.842. The number of aromatic nitrogens is 2. The first kappa shape index (κ1) is 17.1. The number of carbonyl (C=O) groups excluding carboxylic acids is 1. The molecule has 2 atom stereocenters. The van der Waals surface area contributed by atoms with Crippen LogP contribution in [0.15, 0.2) is 4.79 Å². The number of nitrogens with zero attached hydrogens (tertiary/aromatic N) is 1. The molecule has 2 unspecified atom stereocenters. The number of rotatable bonds is 5. The lowest BCUT2D eigenvalue weighted by atomic mass is 10.1. The standard InChI is InChI=1S/C17H23N3O3S/c1-9-10(2)24-17-15(9)16(23)19-13(20-17)6-7-14(22)18-8-11-4-3-5-12(11)21/h11-12,21H,3-8H2,1-2H3,(H,18,22)(H,19,20,23). The van der Waals surface area contributed by atoms with E-state index in [0.29, 0.717) is 24.2 Å². The molecule has 0 spiro atoms. The van der Waals surface area contributed by atoms with E-state index in [1.54, 1.807) is 0 Å². The lowest BCUT2D eigenvalue weighted by molar-refractivity contribution is -0.121. The number of aliphatic hydroxyl groups is 1. The Kier molecular flexibility index (Phi) is 5.01. The van der Waals surface area contributed by atoms with Gasteiger partial charge < -0.3 is 15.4 Å². The molecule has 0 radical (unpaired) electrons. The third kappa shape index (κ3) is 3.52. The molecule has 0 saturated heterocycles. The van der Waals surface area contributed by atoms with Crippen LogP contribution >= 0.6 is 11.3 Å². The van der Waals surface area contributed by atoms with Gasteiger partial charge in [0.15, 0.2) is 0 Å². The van der Waals surface area contributed by atoms with E-state index in [9.17, 15) is 14.7 Å². The second kappa shape index (κ2) is 7.03. The molecule has 130 valence electrons. The molecule has 3 N–H and O–H groups in total. The first-order valence-corrected chi connectivity index (χ1v) is 9.21. The summed E-state index contributed by atoms with van der Waals surface area (Å²) in [6.45, 7) is 4.42. The maximum atomic E-state index is 12.2. The normalized spacial score (nSPS) is 20.6. The van der Waals surface area contributed by atoms with E-state index in [2.05, 4.69) is 15.3 Å². The van der Waals surface area contributed by atoms with E-state index in [4.69, 9.17) is 0 Å². The maximum absolute atomic E-state index is 12.2. The zero-order chi connectivity index (χ0) is 17.3. The Labute approximate surface area is 144 Å². The van der Waals surface area contributed by atoms with E-state index in [1.807, 2.05) is 13.8 Å². The highest BCUT2D eigenvalue weighted by Gasteiger charge is 2.25. The average Bonchev–Trinajstić information content (AvgIpc) is 3.07. The van der Waals surface area contributed by atoms with Crippen LogP contribution in [-0.2, 0) is 11.2 Å². The Hall–Kier alpha value is -1.73. The van der Waals surface area contributed by atoms with Crippen molar-refractivity contribution < 1.29 is 9.90 Å². The summed E-state index contributed by atoms with van der Waals surface area (Å²) in [7, 11) is 0. The third-order valence-electron chi connectivity index (χ3n) is 4.86. The minimum absolute atomic E-state index is 0.0737. The first-order chi connectivity index (χ1) is 11.5. The van der Waals surface area contributed by atoms with Crippen molar-refractivity contribution in [3.05, 3.63) is 26.6 Å². The van der Waals surface area contributed by atoms with Gasteiger partial charge in [-0.25, -0.2) is 4.98 Å². The average molecular weight is 349 g/mol. The van der Waals surface area contributed by atoms with Crippen LogP contribution < -0.4 is 10.9 Å². The van der Waals surface area contributed by atoms with Crippen LogP contribution in [0, 0.1) is 19.8 Å². The minimum Gasteiger partial charge on any atom is -0.393 e. The smallest absolute Gasteiger partial charge is 0.259 e. The largest absolute Gasteiger partial charge is 0.393 e. The number of nitrogens with one attached hydrogen (secondary N) is 2. The number of H-pyrrole nitrogens is 1. The number of aromatic amines is 1. The molecule has 1 saturated carbocycles. The minimum atomic E-state index is -0.295. The number of aliphatic hydroxyl groups excluding tert-OH is 1. The molecule has 7 heteroatoms. The van der Waals surface area contributed by atoms with Crippen LogP contribution in [0.2, 0.25) is 0 Å². The van der Waals surface area contributed by atoms with Crippen molar-refractivity contribution in [3.63, 3.8) is 0 Å². The van der Waals surface area contributed by atoms with Crippen molar-refractivity contribution in [1.82, 2.24) is 15.3 Å². The van der Waals surface area contributed by atoms with E-state index in [1.165, 1.54) is 11.3 Å². The molecular weight excluding hydrogens is 326 g/mol. The van der Waals surface area contributed by atoms with Crippen LogP contribution in [0.25, 0.3) is 10.2 Å². The summed E-state index contributed by atoms with van der Waals surface area (Å²) in [6.07, 6.45) is 3.19. The zero-order valence-corrected chi connectivity index (χ0v) is 14.8. The number of aryl methyl sites for hydroxylation is 3. The predicted molar refractivity (Wildman–Crippen MR) is 94.4 cm³/mol. The number of thiophene rings is 1. The molecule has 2 aromatic rings. The van der Waals surface area contributed by atoms with Gasteiger partial charge in [-0.15, -0.1) is 11.3 Å². The number of amides is 1. The highest BCUT2D eigenvalue weighted by molar-refractivity contribution is 7.18. The molecule has 0 aliphatic heterocycles. The number of carbonyl (C=O) groups is 1. The molecule has 24 heavy (non-hydrogen) atoms. The summed E-state index contributed by atoms with van der Waals surface area (Å²) in [5, 5.41) is 13.3. The first-order valence-electron chi connectivity index (χ1n) is 8.39. The lowest BCUT2D eigenvalue weighted by Gasteiger charge is -2.14. The molecule has 6 nitrogen and oxygen atoms in total. The van der Waals surface area contributed by atoms with Crippen molar-refractivity contribution >= 4 is 27.5 Å². The van der Waals surface area contributed by atoms with Gasteiger partial charge in [-0.05, 0) is 32.3 Å². The second-order valence-corrected chi connectivity index (χ2v) is 7.74. The summed E-state index contributed by atoms with van der Waals surface area (Å²) in [4.78, 5) is 33.3. The molecule has 0 aromatic carbocycles. The molecule has 1 aliphatic carbocycles. The SMILES string of the molecule is Cc1sc2nc(CCC(=O)NCC3CCCC3O)[nH]c(=O)c2c1C. The van der Waals surface area contributed by atoms with Crippen LogP contribution in [0.5, 0.6) is 0 Å². The Morgan fingerprint density at radius 3 is 2.92 bits per heavy atom. The Balaban J connectivity index is 1.59. The molecular formula is C17H23N3O3S. The molecule has 1 fully saturated rings. The van der Waals surface area contributed by atoms with Crippen LogP contribution in [0.3, 0.4) is 0 Å². The third-order valence-corrected chi connectivity index (χ3v) is 5.96. The van der Waals surface area contributed by atoms with Gasteiger partial charge in [0, 0.05) is 30.2 Å². The van der Waals surface area contributed by atoms with Crippen molar-refractivity contribution in [1.29, 1.82) is 0 Å². The van der Waals surface area contributed by atoms with E-state index in [0.717, 1.165) is 34.5 Å². The van der Waals surface area contributed by atoms with Gasteiger partial charge in [0.05, 0.1) is 11.5 Å².